The van der Waals surface area contributed by atoms with Gasteiger partial charge < -0.3 is 10.1 Å². The zero-order valence-electron chi connectivity index (χ0n) is 9.17. The molecule has 0 radical (unpaired) electrons. The first-order valence-electron chi connectivity index (χ1n) is 4.90. The molecule has 0 spiro atoms. The largest absolute Gasteiger partial charge is 0.468 e. The molecule has 0 aliphatic rings. The molecule has 0 aromatic heterocycles. The molecule has 0 fully saturated rings. The standard InChI is InChI=1S/C11H12F2INO2/c1-17-11(16)10(14)6-15-5-7-2-8(12)4-9(13)3-7/h2-4,10,15H,5-6H2,1H3. The number of carbonyl (C=O) groups is 1. The number of hydrogen-bond acceptors (Lipinski definition) is 3. The Morgan fingerprint density at radius 1 is 1.41 bits per heavy atom. The van der Waals surface area contributed by atoms with Crippen LogP contribution < -0.4 is 5.32 Å². The molecule has 0 bridgehead atoms. The van der Waals surface area contributed by atoms with Crippen molar-refractivity contribution in [2.24, 2.45) is 0 Å². The van der Waals surface area contributed by atoms with Crippen molar-refractivity contribution < 1.29 is 18.3 Å². The third-order valence-electron chi connectivity index (χ3n) is 2.03. The summed E-state index contributed by atoms with van der Waals surface area (Å²) in [4.78, 5) is 11.1. The minimum Gasteiger partial charge on any atom is -0.468 e. The lowest BCUT2D eigenvalue weighted by molar-refractivity contribution is -0.139. The monoisotopic (exact) mass is 355 g/mol. The maximum atomic E-state index is 12.9. The van der Waals surface area contributed by atoms with Crippen LogP contribution in [0.1, 0.15) is 5.56 Å². The Morgan fingerprint density at radius 3 is 2.53 bits per heavy atom. The Hall–Kier alpha value is -0.760. The van der Waals surface area contributed by atoms with E-state index in [1.165, 1.54) is 19.2 Å². The van der Waals surface area contributed by atoms with E-state index in [0.29, 0.717) is 18.7 Å². The van der Waals surface area contributed by atoms with Crippen LogP contribution in [0.15, 0.2) is 18.2 Å². The number of benzene rings is 1. The number of hydrogen-bond donors (Lipinski definition) is 1. The molecule has 0 aliphatic heterocycles. The van der Waals surface area contributed by atoms with Crippen molar-refractivity contribution in [1.82, 2.24) is 5.32 Å². The van der Waals surface area contributed by atoms with Crippen LogP contribution in [0.25, 0.3) is 0 Å². The van der Waals surface area contributed by atoms with Crippen LogP contribution in [0.5, 0.6) is 0 Å². The molecule has 94 valence electrons. The molecule has 1 aromatic carbocycles. The normalized spacial score (nSPS) is 12.2. The molecule has 0 saturated carbocycles. The molecule has 1 atom stereocenters. The van der Waals surface area contributed by atoms with Gasteiger partial charge in [-0.15, -0.1) is 0 Å². The predicted molar refractivity (Wildman–Crippen MR) is 67.9 cm³/mol. The van der Waals surface area contributed by atoms with Crippen molar-refractivity contribution in [3.63, 3.8) is 0 Å². The van der Waals surface area contributed by atoms with Gasteiger partial charge in [0.05, 0.1) is 7.11 Å². The van der Waals surface area contributed by atoms with E-state index in [9.17, 15) is 13.6 Å². The lowest BCUT2D eigenvalue weighted by Crippen LogP contribution is -2.29. The highest BCUT2D eigenvalue weighted by Crippen LogP contribution is 2.08. The summed E-state index contributed by atoms with van der Waals surface area (Å²) in [7, 11) is 1.32. The molecule has 0 saturated heterocycles. The minimum atomic E-state index is -0.610. The van der Waals surface area contributed by atoms with Crippen LogP contribution in [-0.4, -0.2) is 23.5 Å². The first kappa shape index (κ1) is 14.3. The van der Waals surface area contributed by atoms with Crippen molar-refractivity contribution in [2.45, 2.75) is 10.5 Å². The second kappa shape index (κ2) is 6.85. The summed E-state index contributed by atoms with van der Waals surface area (Å²) in [5.74, 6) is -1.55. The first-order chi connectivity index (χ1) is 8.02. The Kier molecular flexibility index (Phi) is 5.76. The molecule has 17 heavy (non-hydrogen) atoms. The molecular formula is C11H12F2INO2. The Morgan fingerprint density at radius 2 is 2.00 bits per heavy atom. The second-order valence-corrected chi connectivity index (χ2v) is 4.90. The van der Waals surface area contributed by atoms with Crippen molar-refractivity contribution in [2.75, 3.05) is 13.7 Å². The van der Waals surface area contributed by atoms with Gasteiger partial charge in [0.15, 0.2) is 0 Å². The van der Waals surface area contributed by atoms with Gasteiger partial charge in [-0.05, 0) is 17.7 Å². The van der Waals surface area contributed by atoms with Crippen molar-refractivity contribution in [3.8, 4) is 0 Å². The van der Waals surface area contributed by atoms with Gasteiger partial charge in [-0.25, -0.2) is 8.78 Å². The van der Waals surface area contributed by atoms with E-state index < -0.39 is 11.6 Å². The van der Waals surface area contributed by atoms with Gasteiger partial charge in [-0.1, -0.05) is 22.6 Å². The number of nitrogens with one attached hydrogen (secondary N) is 1. The third-order valence-corrected chi connectivity index (χ3v) is 2.98. The van der Waals surface area contributed by atoms with E-state index >= 15 is 0 Å². The quantitative estimate of drug-likeness (QED) is 0.499. The fourth-order valence-corrected chi connectivity index (χ4v) is 1.83. The highest BCUT2D eigenvalue weighted by Gasteiger charge is 2.14. The molecule has 0 heterocycles. The number of halogens is 3. The maximum Gasteiger partial charge on any atom is 0.319 e. The van der Waals surface area contributed by atoms with Crippen LogP contribution in [0, 0.1) is 11.6 Å². The predicted octanol–water partition coefficient (Wildman–Crippen LogP) is 2.03. The SMILES string of the molecule is COC(=O)C(I)CNCc1cc(F)cc(F)c1. The van der Waals surface area contributed by atoms with Gasteiger partial charge in [-0.3, -0.25) is 4.79 Å². The highest BCUT2D eigenvalue weighted by atomic mass is 127. The average molecular weight is 355 g/mol. The summed E-state index contributed by atoms with van der Waals surface area (Å²) in [6.07, 6.45) is 0. The van der Waals surface area contributed by atoms with E-state index in [1.807, 2.05) is 22.6 Å². The van der Waals surface area contributed by atoms with Gasteiger partial charge in [0, 0.05) is 19.2 Å². The summed E-state index contributed by atoms with van der Waals surface area (Å²) >= 11 is 1.94. The number of esters is 1. The van der Waals surface area contributed by atoms with E-state index in [0.717, 1.165) is 6.07 Å². The lowest BCUT2D eigenvalue weighted by Gasteiger charge is -2.09. The van der Waals surface area contributed by atoms with Crippen LogP contribution in [-0.2, 0) is 16.1 Å². The molecule has 1 unspecified atom stereocenters. The lowest BCUT2D eigenvalue weighted by atomic mass is 10.2. The molecular weight excluding hydrogens is 343 g/mol. The molecule has 0 amide bonds. The van der Waals surface area contributed by atoms with Gasteiger partial charge >= 0.3 is 5.97 Å². The van der Waals surface area contributed by atoms with Crippen molar-refractivity contribution >= 4 is 28.6 Å². The molecule has 1 N–H and O–H groups in total. The van der Waals surface area contributed by atoms with Crippen LogP contribution in [0.4, 0.5) is 8.78 Å². The number of methoxy groups -OCH3 is 1. The number of rotatable bonds is 5. The molecule has 3 nitrogen and oxygen atoms in total. The third kappa shape index (κ3) is 4.95. The van der Waals surface area contributed by atoms with Crippen molar-refractivity contribution in [3.05, 3.63) is 35.4 Å². The minimum absolute atomic E-state index is 0.297. The average Bonchev–Trinajstić information content (AvgIpc) is 2.26. The van der Waals surface area contributed by atoms with Crippen LogP contribution >= 0.6 is 22.6 Å². The summed E-state index contributed by atoms with van der Waals surface area (Å²) in [5.41, 5.74) is 0.496. The number of ether oxygens (including phenoxy) is 1. The highest BCUT2D eigenvalue weighted by molar-refractivity contribution is 14.1. The summed E-state index contributed by atoms with van der Waals surface area (Å²) < 4.78 is 29.9. The topological polar surface area (TPSA) is 38.3 Å². The Labute approximate surface area is 112 Å². The van der Waals surface area contributed by atoms with E-state index in [1.54, 1.807) is 0 Å². The summed E-state index contributed by atoms with van der Waals surface area (Å²) in [6.45, 7) is 0.677. The van der Waals surface area contributed by atoms with Crippen molar-refractivity contribution in [1.29, 1.82) is 0 Å². The van der Waals surface area contributed by atoms with Crippen LogP contribution in [0.3, 0.4) is 0 Å². The Bertz CT molecular complexity index is 381. The van der Waals surface area contributed by atoms with Crippen LogP contribution in [0.2, 0.25) is 0 Å². The molecule has 0 aliphatic carbocycles. The molecule has 6 heteroatoms. The van der Waals surface area contributed by atoms with Gasteiger partial charge in [-0.2, -0.15) is 0 Å². The maximum absolute atomic E-state index is 12.9. The first-order valence-corrected chi connectivity index (χ1v) is 6.15. The molecule has 1 rings (SSSR count). The fraction of sp³-hybridized carbons (Fsp3) is 0.364. The van der Waals surface area contributed by atoms with Gasteiger partial charge in [0.25, 0.3) is 0 Å². The van der Waals surface area contributed by atoms with Gasteiger partial charge in [0.1, 0.15) is 15.6 Å². The van der Waals surface area contributed by atoms with E-state index in [2.05, 4.69) is 10.1 Å². The number of carbonyl (C=O) groups excluding carboxylic acids is 1. The van der Waals surface area contributed by atoms with E-state index in [4.69, 9.17) is 0 Å². The number of alkyl halides is 1. The van der Waals surface area contributed by atoms with Gasteiger partial charge in [0.2, 0.25) is 0 Å². The zero-order chi connectivity index (χ0) is 12.8. The summed E-state index contributed by atoms with van der Waals surface area (Å²) in [5, 5.41) is 2.93. The summed E-state index contributed by atoms with van der Waals surface area (Å²) in [6, 6.07) is 3.31. The smallest absolute Gasteiger partial charge is 0.319 e. The second-order valence-electron chi connectivity index (χ2n) is 3.40. The molecule has 1 aromatic rings. The fourth-order valence-electron chi connectivity index (χ4n) is 1.27. The Balaban J connectivity index is 2.43. The zero-order valence-corrected chi connectivity index (χ0v) is 11.3. The van der Waals surface area contributed by atoms with E-state index in [-0.39, 0.29) is 9.89 Å².